The van der Waals surface area contributed by atoms with Crippen LogP contribution in [0.2, 0.25) is 0 Å². The lowest BCUT2D eigenvalue weighted by molar-refractivity contribution is -0.870. The third-order valence-corrected chi connectivity index (χ3v) is 12.6. The molecule has 0 aromatic rings. The van der Waals surface area contributed by atoms with Crippen LogP contribution < -0.4 is 0 Å². The molecular formula is C52H101NO8P+. The fourth-order valence-electron chi connectivity index (χ4n) is 7.52. The van der Waals surface area contributed by atoms with E-state index >= 15 is 0 Å². The average Bonchev–Trinajstić information content (AvgIpc) is 3.23. The predicted molar refractivity (Wildman–Crippen MR) is 261 cm³/mol. The van der Waals surface area contributed by atoms with Crippen molar-refractivity contribution in [3.63, 3.8) is 0 Å². The molecule has 1 N–H and O–H groups in total. The second-order valence-electron chi connectivity index (χ2n) is 19.0. The van der Waals surface area contributed by atoms with Gasteiger partial charge in [0.25, 0.3) is 0 Å². The Bertz CT molecular complexity index is 1110. The Morgan fingerprint density at radius 1 is 0.532 bits per heavy atom. The molecule has 0 heterocycles. The average molecular weight is 899 g/mol. The van der Waals surface area contributed by atoms with Gasteiger partial charge in [0.2, 0.25) is 0 Å². The lowest BCUT2D eigenvalue weighted by Crippen LogP contribution is -2.37. The number of allylic oxidation sites excluding steroid dienone is 3. The third-order valence-electron chi connectivity index (χ3n) is 11.6. The summed E-state index contributed by atoms with van der Waals surface area (Å²) >= 11 is 0. The molecule has 0 bridgehead atoms. The molecule has 0 aliphatic carbocycles. The molecule has 0 rings (SSSR count). The van der Waals surface area contributed by atoms with Crippen molar-refractivity contribution in [2.24, 2.45) is 0 Å². The first-order valence-corrected chi connectivity index (χ1v) is 27.6. The quantitative estimate of drug-likeness (QED) is 0.0161. The summed E-state index contributed by atoms with van der Waals surface area (Å²) in [6.07, 6.45) is 51.6. The molecule has 0 aliphatic rings. The van der Waals surface area contributed by atoms with Crippen molar-refractivity contribution in [3.05, 3.63) is 24.3 Å². The second-order valence-corrected chi connectivity index (χ2v) is 20.4. The van der Waals surface area contributed by atoms with Crippen LogP contribution in [0, 0.1) is 0 Å². The van der Waals surface area contributed by atoms with E-state index in [4.69, 9.17) is 18.5 Å². The Morgan fingerprint density at radius 3 is 1.32 bits per heavy atom. The summed E-state index contributed by atoms with van der Waals surface area (Å²) in [5.41, 5.74) is 0. The fourth-order valence-corrected chi connectivity index (χ4v) is 8.26. The van der Waals surface area contributed by atoms with Crippen molar-refractivity contribution < 1.29 is 42.1 Å². The van der Waals surface area contributed by atoms with Crippen LogP contribution in [0.15, 0.2) is 24.3 Å². The van der Waals surface area contributed by atoms with Gasteiger partial charge in [-0.05, 0) is 19.3 Å². The first kappa shape index (κ1) is 60.5. The number of unbranched alkanes of at least 4 members (excludes halogenated alkanes) is 33. The summed E-state index contributed by atoms with van der Waals surface area (Å²) in [5.74, 6) is -1.04. The summed E-state index contributed by atoms with van der Waals surface area (Å²) < 4.78 is 34.3. The third kappa shape index (κ3) is 48.0. The number of carbonyl (C=O) groups excluding carboxylic acids is 2. The molecule has 366 valence electrons. The molecule has 0 saturated carbocycles. The number of quaternary nitrogens is 1. The Hall–Kier alpha value is -1.51. The summed E-state index contributed by atoms with van der Waals surface area (Å²) in [4.78, 5) is 35.4. The highest BCUT2D eigenvalue weighted by Gasteiger charge is 2.27. The highest BCUT2D eigenvalue weighted by atomic mass is 31.2. The van der Waals surface area contributed by atoms with E-state index in [0.717, 1.165) is 25.7 Å². The summed E-state index contributed by atoms with van der Waals surface area (Å²) in [6, 6.07) is 0. The Balaban J connectivity index is 4.24. The van der Waals surface area contributed by atoms with E-state index in [2.05, 4.69) is 19.9 Å². The minimum absolute atomic E-state index is 0.0216. The van der Waals surface area contributed by atoms with E-state index in [0.29, 0.717) is 17.4 Å². The smallest absolute Gasteiger partial charge is 0.458 e. The van der Waals surface area contributed by atoms with E-state index in [1.54, 1.807) is 6.08 Å². The van der Waals surface area contributed by atoms with E-state index < -0.39 is 32.5 Å². The van der Waals surface area contributed by atoms with Crippen molar-refractivity contribution in [1.29, 1.82) is 0 Å². The molecule has 0 amide bonds. The number of ether oxygens (including phenoxy) is 2. The lowest BCUT2D eigenvalue weighted by Gasteiger charge is -2.24. The van der Waals surface area contributed by atoms with Crippen molar-refractivity contribution >= 4 is 19.8 Å². The Kier molecular flexibility index (Phi) is 43.6. The van der Waals surface area contributed by atoms with Crippen LogP contribution in [-0.4, -0.2) is 74.9 Å². The van der Waals surface area contributed by atoms with Gasteiger partial charge in [-0.2, -0.15) is 0 Å². The maximum Gasteiger partial charge on any atom is 0.472 e. The number of phosphoric ester groups is 1. The molecule has 0 aromatic heterocycles. The van der Waals surface area contributed by atoms with Crippen LogP contribution >= 0.6 is 7.82 Å². The van der Waals surface area contributed by atoms with E-state index in [1.165, 1.54) is 199 Å². The molecular weight excluding hydrogens is 798 g/mol. The van der Waals surface area contributed by atoms with Gasteiger partial charge >= 0.3 is 19.8 Å². The number of rotatable bonds is 48. The molecule has 1 unspecified atom stereocenters. The van der Waals surface area contributed by atoms with Gasteiger partial charge in [0, 0.05) is 12.5 Å². The highest BCUT2D eigenvalue weighted by Crippen LogP contribution is 2.43. The molecule has 0 radical (unpaired) electrons. The van der Waals surface area contributed by atoms with Crippen LogP contribution in [0.25, 0.3) is 0 Å². The zero-order chi connectivity index (χ0) is 45.7. The number of hydrogen-bond acceptors (Lipinski definition) is 7. The normalized spacial score (nSPS) is 13.6. The van der Waals surface area contributed by atoms with Crippen molar-refractivity contribution in [2.75, 3.05) is 47.5 Å². The molecule has 0 aliphatic heterocycles. The number of esters is 2. The van der Waals surface area contributed by atoms with Gasteiger partial charge in [-0.3, -0.25) is 13.8 Å². The van der Waals surface area contributed by atoms with Crippen molar-refractivity contribution in [2.45, 2.75) is 251 Å². The van der Waals surface area contributed by atoms with E-state index in [-0.39, 0.29) is 19.6 Å². The molecule has 0 spiro atoms. The minimum Gasteiger partial charge on any atom is -0.458 e. The lowest BCUT2D eigenvalue weighted by atomic mass is 10.0. The van der Waals surface area contributed by atoms with Crippen LogP contribution in [0.3, 0.4) is 0 Å². The summed E-state index contributed by atoms with van der Waals surface area (Å²) in [5, 5.41) is 0. The van der Waals surface area contributed by atoms with Gasteiger partial charge in [0.1, 0.15) is 19.8 Å². The standard InChI is InChI=1S/C52H100NO8P/c1-6-8-10-12-14-16-18-20-22-23-24-25-26-27-28-29-31-33-35-37-39-41-43-45-52(55)61-50(49-60-62(56,57)59-47-46-53(3,4)5)48-58-51(54)44-42-40-38-36-34-32-30-21-19-17-15-13-11-9-7-2/h38,40,42,44,50H,6-37,39,41,43,45-49H2,1-5H3/p+1/b40-38+,44-42+/t50-/m1/s1. The maximum absolute atomic E-state index is 12.7. The predicted octanol–water partition coefficient (Wildman–Crippen LogP) is 15.5. The van der Waals surface area contributed by atoms with Crippen LogP contribution in [-0.2, 0) is 32.7 Å². The van der Waals surface area contributed by atoms with E-state index in [9.17, 15) is 19.0 Å². The van der Waals surface area contributed by atoms with Gasteiger partial charge in [-0.15, -0.1) is 0 Å². The molecule has 0 aromatic carbocycles. The molecule has 2 atom stereocenters. The Morgan fingerprint density at radius 2 is 0.919 bits per heavy atom. The second kappa shape index (κ2) is 44.7. The molecule has 62 heavy (non-hydrogen) atoms. The molecule has 0 saturated heterocycles. The largest absolute Gasteiger partial charge is 0.472 e. The number of carbonyl (C=O) groups is 2. The molecule has 9 nitrogen and oxygen atoms in total. The van der Waals surface area contributed by atoms with Crippen molar-refractivity contribution in [3.8, 4) is 0 Å². The van der Waals surface area contributed by atoms with Crippen LogP contribution in [0.4, 0.5) is 0 Å². The summed E-state index contributed by atoms with van der Waals surface area (Å²) in [7, 11) is 1.45. The van der Waals surface area contributed by atoms with Gasteiger partial charge < -0.3 is 18.9 Å². The first-order valence-electron chi connectivity index (χ1n) is 26.1. The van der Waals surface area contributed by atoms with Crippen molar-refractivity contribution in [1.82, 2.24) is 0 Å². The van der Waals surface area contributed by atoms with Gasteiger partial charge in [0.15, 0.2) is 6.10 Å². The first-order chi connectivity index (χ1) is 30.0. The van der Waals surface area contributed by atoms with E-state index in [1.807, 2.05) is 27.2 Å². The van der Waals surface area contributed by atoms with Gasteiger partial charge in [0.05, 0.1) is 27.7 Å². The molecule has 10 heteroatoms. The van der Waals surface area contributed by atoms with Gasteiger partial charge in [-0.25, -0.2) is 9.36 Å². The topological polar surface area (TPSA) is 108 Å². The number of likely N-dealkylation sites (N-methyl/N-ethyl adjacent to an activating group) is 1. The van der Waals surface area contributed by atoms with Crippen LogP contribution in [0.1, 0.15) is 245 Å². The number of hydrogen-bond donors (Lipinski definition) is 1. The monoisotopic (exact) mass is 899 g/mol. The Labute approximate surface area is 383 Å². The molecule has 0 fully saturated rings. The maximum atomic E-state index is 12.7. The fraction of sp³-hybridized carbons (Fsp3) is 0.885. The van der Waals surface area contributed by atoms with Gasteiger partial charge in [-0.1, -0.05) is 238 Å². The zero-order valence-corrected chi connectivity index (χ0v) is 42.3. The number of phosphoric acid groups is 1. The number of nitrogens with zero attached hydrogens (tertiary/aromatic N) is 1. The zero-order valence-electron chi connectivity index (χ0n) is 41.4. The highest BCUT2D eigenvalue weighted by molar-refractivity contribution is 7.47. The van der Waals surface area contributed by atoms with Crippen LogP contribution in [0.5, 0.6) is 0 Å². The SMILES string of the molecule is CCCCCCCCCCCCC/C=C/C=C/C(=O)OC[C@H](COP(=O)(O)OCC[N+](C)(C)C)OC(=O)CCCCCCCCCCCCCCCCCCCCCCCCC. The minimum atomic E-state index is -4.40. The summed E-state index contributed by atoms with van der Waals surface area (Å²) in [6.45, 7) is 4.34.